The number of H-pyrrole nitrogens is 1. The maximum atomic E-state index is 5.79. The van der Waals surface area contributed by atoms with Gasteiger partial charge in [-0.15, -0.1) is 11.3 Å². The van der Waals surface area contributed by atoms with E-state index in [-0.39, 0.29) is 0 Å². The van der Waals surface area contributed by atoms with Crippen LogP contribution < -0.4 is 5.32 Å². The Morgan fingerprint density at radius 3 is 3.15 bits per heavy atom. The van der Waals surface area contributed by atoms with Crippen molar-refractivity contribution in [3.05, 3.63) is 33.7 Å². The van der Waals surface area contributed by atoms with E-state index < -0.39 is 0 Å². The maximum absolute atomic E-state index is 5.79. The first-order valence-corrected chi connectivity index (χ1v) is 5.06. The molecule has 2 rings (SSSR count). The van der Waals surface area contributed by atoms with E-state index in [9.17, 15) is 0 Å². The largest absolute Gasteiger partial charge is 0.378 e. The van der Waals surface area contributed by atoms with Crippen LogP contribution in [-0.4, -0.2) is 10.2 Å². The minimum absolute atomic E-state index is 0.789. The van der Waals surface area contributed by atoms with Crippen LogP contribution in [0.3, 0.4) is 0 Å². The standard InChI is InChI=1S/C8H8ClN3S/c9-6-1-8(13-5-6)4-10-7-2-11-12-3-7/h1-3,5,10H,4H2,(H,11,12). The molecule has 0 aliphatic heterocycles. The van der Waals surface area contributed by atoms with Crippen LogP contribution in [-0.2, 0) is 6.54 Å². The molecule has 13 heavy (non-hydrogen) atoms. The van der Waals surface area contributed by atoms with Crippen LogP contribution in [0.15, 0.2) is 23.8 Å². The topological polar surface area (TPSA) is 40.7 Å². The van der Waals surface area contributed by atoms with Gasteiger partial charge in [0.1, 0.15) is 0 Å². The van der Waals surface area contributed by atoms with Gasteiger partial charge in [-0.05, 0) is 6.07 Å². The molecule has 0 radical (unpaired) electrons. The van der Waals surface area contributed by atoms with Crippen LogP contribution in [0.2, 0.25) is 5.02 Å². The van der Waals surface area contributed by atoms with E-state index >= 15 is 0 Å². The Morgan fingerprint density at radius 1 is 1.62 bits per heavy atom. The lowest BCUT2D eigenvalue weighted by molar-refractivity contribution is 1.09. The Bertz CT molecular complexity index is 368. The third kappa shape index (κ3) is 2.23. The summed E-state index contributed by atoms with van der Waals surface area (Å²) >= 11 is 7.43. The van der Waals surface area contributed by atoms with Gasteiger partial charge in [-0.2, -0.15) is 5.10 Å². The fourth-order valence-corrected chi connectivity index (χ4v) is 2.00. The minimum Gasteiger partial charge on any atom is -0.378 e. The Labute approximate surface area is 84.7 Å². The molecule has 0 aromatic carbocycles. The van der Waals surface area contributed by atoms with E-state index in [1.54, 1.807) is 17.5 Å². The first-order valence-electron chi connectivity index (χ1n) is 3.80. The normalized spacial score (nSPS) is 10.2. The van der Waals surface area contributed by atoms with Crippen molar-refractivity contribution in [2.24, 2.45) is 0 Å². The number of rotatable bonds is 3. The minimum atomic E-state index is 0.789. The van der Waals surface area contributed by atoms with Gasteiger partial charge in [-0.25, -0.2) is 0 Å². The zero-order chi connectivity index (χ0) is 9.10. The second-order valence-corrected chi connectivity index (χ2v) is 4.00. The molecule has 0 amide bonds. The van der Waals surface area contributed by atoms with Gasteiger partial charge < -0.3 is 5.32 Å². The summed E-state index contributed by atoms with van der Waals surface area (Å²) in [6, 6.07) is 1.96. The van der Waals surface area contributed by atoms with Crippen LogP contribution in [0.1, 0.15) is 4.88 Å². The van der Waals surface area contributed by atoms with Crippen LogP contribution in [0.25, 0.3) is 0 Å². The zero-order valence-corrected chi connectivity index (χ0v) is 8.32. The van der Waals surface area contributed by atoms with Crippen molar-refractivity contribution in [1.82, 2.24) is 10.2 Å². The average molecular weight is 214 g/mol. The van der Waals surface area contributed by atoms with Gasteiger partial charge in [0.2, 0.25) is 0 Å². The second kappa shape index (κ2) is 3.81. The highest BCUT2D eigenvalue weighted by Gasteiger charge is 1.97. The SMILES string of the molecule is Clc1csc(CNc2cn[nH]c2)c1. The molecule has 0 aliphatic rings. The first kappa shape index (κ1) is 8.59. The van der Waals surface area contributed by atoms with Gasteiger partial charge in [0.05, 0.1) is 16.9 Å². The predicted molar refractivity (Wildman–Crippen MR) is 55.2 cm³/mol. The number of nitrogens with one attached hydrogen (secondary N) is 2. The van der Waals surface area contributed by atoms with Crippen LogP contribution in [0.4, 0.5) is 5.69 Å². The number of aromatic amines is 1. The second-order valence-electron chi connectivity index (χ2n) is 2.57. The Morgan fingerprint density at radius 2 is 2.54 bits per heavy atom. The highest BCUT2D eigenvalue weighted by Crippen LogP contribution is 2.19. The van der Waals surface area contributed by atoms with Gasteiger partial charge in [-0.1, -0.05) is 11.6 Å². The molecule has 2 aromatic rings. The van der Waals surface area contributed by atoms with Crippen LogP contribution in [0.5, 0.6) is 0 Å². The molecule has 0 bridgehead atoms. The fraction of sp³-hybridized carbons (Fsp3) is 0.125. The lowest BCUT2D eigenvalue weighted by atomic mass is 10.4. The lowest BCUT2D eigenvalue weighted by Gasteiger charge is -1.98. The van der Waals surface area contributed by atoms with Gasteiger partial charge in [0.15, 0.2) is 0 Å². The van der Waals surface area contributed by atoms with E-state index in [1.165, 1.54) is 4.88 Å². The molecule has 0 unspecified atom stereocenters. The summed E-state index contributed by atoms with van der Waals surface area (Å²) in [5, 5.41) is 12.5. The molecular formula is C8H8ClN3S. The summed E-state index contributed by atoms with van der Waals surface area (Å²) in [6.45, 7) is 0.789. The molecule has 0 saturated carbocycles. The number of halogens is 1. The third-order valence-corrected chi connectivity index (χ3v) is 2.87. The lowest BCUT2D eigenvalue weighted by Crippen LogP contribution is -1.95. The summed E-state index contributed by atoms with van der Waals surface area (Å²) in [4.78, 5) is 1.21. The van der Waals surface area contributed by atoms with E-state index in [4.69, 9.17) is 11.6 Å². The van der Waals surface area contributed by atoms with Crippen molar-refractivity contribution in [3.63, 3.8) is 0 Å². The van der Waals surface area contributed by atoms with Crippen molar-refractivity contribution in [3.8, 4) is 0 Å². The molecule has 0 atom stereocenters. The highest BCUT2D eigenvalue weighted by atomic mass is 35.5. The van der Waals surface area contributed by atoms with Gasteiger partial charge in [0, 0.05) is 23.0 Å². The molecule has 0 aliphatic carbocycles. The third-order valence-electron chi connectivity index (χ3n) is 1.59. The van der Waals surface area contributed by atoms with Crippen molar-refractivity contribution in [2.75, 3.05) is 5.32 Å². The number of hydrogen-bond donors (Lipinski definition) is 2. The molecule has 3 nitrogen and oxygen atoms in total. The van der Waals surface area contributed by atoms with E-state index in [0.717, 1.165) is 17.3 Å². The number of thiophene rings is 1. The molecule has 5 heteroatoms. The number of anilines is 1. The van der Waals surface area contributed by atoms with Gasteiger partial charge in [-0.3, -0.25) is 5.10 Å². The first-order chi connectivity index (χ1) is 6.34. The predicted octanol–water partition coefficient (Wildman–Crippen LogP) is 2.74. The smallest absolute Gasteiger partial charge is 0.0726 e. The summed E-state index contributed by atoms with van der Waals surface area (Å²) in [5.74, 6) is 0. The molecule has 2 heterocycles. The summed E-state index contributed by atoms with van der Waals surface area (Å²) in [5.41, 5.74) is 0.990. The quantitative estimate of drug-likeness (QED) is 0.823. The van der Waals surface area contributed by atoms with E-state index in [2.05, 4.69) is 15.5 Å². The van der Waals surface area contributed by atoms with Crippen LogP contribution >= 0.6 is 22.9 Å². The Kier molecular flexibility index (Phi) is 2.52. The van der Waals surface area contributed by atoms with Gasteiger partial charge in [0.25, 0.3) is 0 Å². The summed E-state index contributed by atoms with van der Waals surface area (Å²) < 4.78 is 0. The molecule has 2 N–H and O–H groups in total. The van der Waals surface area contributed by atoms with E-state index in [0.29, 0.717) is 0 Å². The number of nitrogens with zero attached hydrogens (tertiary/aromatic N) is 1. The molecule has 0 fully saturated rings. The molecule has 2 aromatic heterocycles. The monoisotopic (exact) mass is 213 g/mol. The molecular weight excluding hydrogens is 206 g/mol. The average Bonchev–Trinajstić information content (AvgIpc) is 2.71. The Hall–Kier alpha value is -1.00. The van der Waals surface area contributed by atoms with Crippen molar-refractivity contribution in [1.29, 1.82) is 0 Å². The molecule has 0 saturated heterocycles. The fourth-order valence-electron chi connectivity index (χ4n) is 0.983. The number of aromatic nitrogens is 2. The van der Waals surface area contributed by atoms with Crippen molar-refractivity contribution < 1.29 is 0 Å². The molecule has 0 spiro atoms. The number of hydrogen-bond acceptors (Lipinski definition) is 3. The van der Waals surface area contributed by atoms with Gasteiger partial charge >= 0.3 is 0 Å². The highest BCUT2D eigenvalue weighted by molar-refractivity contribution is 7.10. The maximum Gasteiger partial charge on any atom is 0.0726 e. The van der Waals surface area contributed by atoms with Crippen molar-refractivity contribution in [2.45, 2.75) is 6.54 Å². The van der Waals surface area contributed by atoms with E-state index in [1.807, 2.05) is 17.6 Å². The van der Waals surface area contributed by atoms with Crippen LogP contribution in [0, 0.1) is 0 Å². The zero-order valence-electron chi connectivity index (χ0n) is 6.75. The van der Waals surface area contributed by atoms with Crippen molar-refractivity contribution >= 4 is 28.6 Å². The Balaban J connectivity index is 1.93. The summed E-state index contributed by atoms with van der Waals surface area (Å²) in [6.07, 6.45) is 3.56. The molecule has 68 valence electrons. The summed E-state index contributed by atoms with van der Waals surface area (Å²) in [7, 11) is 0.